The van der Waals surface area contributed by atoms with E-state index in [1.807, 2.05) is 38.1 Å². The first-order valence-electron chi connectivity index (χ1n) is 12.5. The van der Waals surface area contributed by atoms with Crippen LogP contribution in [0.2, 0.25) is 0 Å². The van der Waals surface area contributed by atoms with Gasteiger partial charge in [-0.1, -0.05) is 38.1 Å². The van der Waals surface area contributed by atoms with E-state index < -0.39 is 47.7 Å². The van der Waals surface area contributed by atoms with E-state index in [1.54, 1.807) is 26.0 Å². The van der Waals surface area contributed by atoms with Crippen molar-refractivity contribution in [3.8, 4) is 5.75 Å². The third-order valence-corrected chi connectivity index (χ3v) is 6.71. The molecule has 3 atom stereocenters. The van der Waals surface area contributed by atoms with Gasteiger partial charge in [0.05, 0.1) is 12.1 Å². The molecule has 9 heteroatoms. The average molecular weight is 509 g/mol. The fourth-order valence-electron chi connectivity index (χ4n) is 4.55. The van der Waals surface area contributed by atoms with Crippen LogP contribution in [-0.2, 0) is 38.6 Å². The Kier molecular flexibility index (Phi) is 8.83. The summed E-state index contributed by atoms with van der Waals surface area (Å²) >= 11 is 0. The molecule has 37 heavy (non-hydrogen) atoms. The number of phenolic OH excluding ortho intramolecular Hbond substituents is 1. The van der Waals surface area contributed by atoms with Crippen molar-refractivity contribution in [1.29, 1.82) is 0 Å². The predicted molar refractivity (Wildman–Crippen MR) is 139 cm³/mol. The van der Waals surface area contributed by atoms with Crippen molar-refractivity contribution in [2.24, 2.45) is 11.7 Å². The lowest BCUT2D eigenvalue weighted by Crippen LogP contribution is -2.59. The summed E-state index contributed by atoms with van der Waals surface area (Å²) in [6, 6.07) is 8.02. The predicted octanol–water partition coefficient (Wildman–Crippen LogP) is 1.64. The molecule has 5 N–H and O–H groups in total. The maximum atomic E-state index is 13.4. The Hall–Kier alpha value is -3.56. The van der Waals surface area contributed by atoms with Crippen molar-refractivity contribution >= 4 is 23.6 Å². The molecule has 0 saturated heterocycles. The first-order chi connectivity index (χ1) is 17.4. The van der Waals surface area contributed by atoms with Crippen LogP contribution in [0.15, 0.2) is 36.4 Å². The van der Waals surface area contributed by atoms with Gasteiger partial charge >= 0.3 is 0 Å². The Morgan fingerprint density at radius 1 is 1.05 bits per heavy atom. The maximum absolute atomic E-state index is 13.4. The number of rotatable bonds is 7. The fourth-order valence-corrected chi connectivity index (χ4v) is 4.55. The Morgan fingerprint density at radius 2 is 1.65 bits per heavy atom. The summed E-state index contributed by atoms with van der Waals surface area (Å²) in [5, 5.41) is 15.4. The van der Waals surface area contributed by atoms with Crippen LogP contribution in [0, 0.1) is 19.8 Å². The summed E-state index contributed by atoms with van der Waals surface area (Å²) in [4.78, 5) is 53.3. The zero-order chi connectivity index (χ0) is 27.4. The molecule has 0 spiro atoms. The summed E-state index contributed by atoms with van der Waals surface area (Å²) in [6.07, 6.45) is 0.546. The van der Waals surface area contributed by atoms with Gasteiger partial charge in [-0.05, 0) is 73.6 Å². The molecule has 1 unspecified atom stereocenters. The quantitative estimate of drug-likeness (QED) is 0.445. The number of nitrogens with two attached hydrogens (primary N) is 1. The highest BCUT2D eigenvalue weighted by Crippen LogP contribution is 2.22. The number of carbonyl (C=O) groups is 4. The lowest BCUT2D eigenvalue weighted by molar-refractivity contribution is -0.158. The first kappa shape index (κ1) is 28.0. The molecule has 3 rings (SSSR count). The monoisotopic (exact) mass is 508 g/mol. The molecule has 1 aliphatic rings. The molecule has 9 nitrogen and oxygen atoms in total. The number of benzene rings is 2. The Balaban J connectivity index is 1.73. The van der Waals surface area contributed by atoms with Gasteiger partial charge in [-0.2, -0.15) is 0 Å². The minimum Gasteiger partial charge on any atom is -0.508 e. The smallest absolute Gasteiger partial charge is 0.258 e. The van der Waals surface area contributed by atoms with Crippen molar-refractivity contribution in [2.45, 2.75) is 72.1 Å². The number of nitrogens with zero attached hydrogens (tertiary/aromatic N) is 1. The highest BCUT2D eigenvalue weighted by Gasteiger charge is 2.38. The van der Waals surface area contributed by atoms with E-state index in [-0.39, 0.29) is 12.2 Å². The number of aromatic hydroxyl groups is 1. The number of hydrogen-bond donors (Lipinski definition) is 4. The summed E-state index contributed by atoms with van der Waals surface area (Å²) in [6.45, 7) is 8.74. The van der Waals surface area contributed by atoms with Crippen LogP contribution in [0.4, 0.5) is 0 Å². The van der Waals surface area contributed by atoms with Crippen molar-refractivity contribution in [3.63, 3.8) is 0 Å². The molecule has 0 bridgehead atoms. The van der Waals surface area contributed by atoms with E-state index in [0.29, 0.717) is 17.9 Å². The minimum atomic E-state index is -1.15. The number of amides is 4. The Morgan fingerprint density at radius 3 is 2.24 bits per heavy atom. The molecule has 198 valence electrons. The van der Waals surface area contributed by atoms with Gasteiger partial charge in [0.25, 0.3) is 11.8 Å². The van der Waals surface area contributed by atoms with Crippen molar-refractivity contribution in [2.75, 3.05) is 0 Å². The van der Waals surface area contributed by atoms with Gasteiger partial charge in [-0.3, -0.25) is 19.2 Å². The molecule has 0 aliphatic carbocycles. The van der Waals surface area contributed by atoms with Gasteiger partial charge in [-0.15, -0.1) is 0 Å². The largest absolute Gasteiger partial charge is 0.508 e. The highest BCUT2D eigenvalue weighted by atomic mass is 16.3. The van der Waals surface area contributed by atoms with Crippen molar-refractivity contribution in [1.82, 2.24) is 15.5 Å². The molecule has 0 radical (unpaired) electrons. The molecule has 1 aliphatic heterocycles. The second kappa shape index (κ2) is 11.7. The van der Waals surface area contributed by atoms with Crippen LogP contribution >= 0.6 is 0 Å². The number of carbonyl (C=O) groups excluding carboxylic acids is 4. The summed E-state index contributed by atoms with van der Waals surface area (Å²) in [5.74, 6) is -3.13. The van der Waals surface area contributed by atoms with E-state index >= 15 is 0 Å². The number of nitrogens with one attached hydrogen (secondary N) is 2. The standard InChI is InChI=1S/C28H36N4O5/c1-15(2)26(35)32(28(37)24-12-19-8-6-7-9-20(19)14-30-24)27(36)18(5)31-25(34)23(29)13-22-16(3)10-21(33)11-17(22)4/h6-11,15,18,23-24,30,33H,12-14,29H2,1-5H3,(H,31,34)/t18-,23-,24?/m0/s1. The molecule has 0 fully saturated rings. The number of phenols is 1. The minimum absolute atomic E-state index is 0.131. The zero-order valence-electron chi connectivity index (χ0n) is 22.0. The van der Waals surface area contributed by atoms with E-state index in [4.69, 9.17) is 5.73 Å². The van der Waals surface area contributed by atoms with E-state index in [0.717, 1.165) is 27.8 Å². The first-order valence-corrected chi connectivity index (χ1v) is 12.5. The second-order valence-corrected chi connectivity index (χ2v) is 10.0. The van der Waals surface area contributed by atoms with Crippen LogP contribution in [0.3, 0.4) is 0 Å². The van der Waals surface area contributed by atoms with Crippen LogP contribution < -0.4 is 16.4 Å². The lowest BCUT2D eigenvalue weighted by atomic mass is 9.94. The normalized spacial score (nSPS) is 16.5. The number of hydrogen-bond acceptors (Lipinski definition) is 7. The molecule has 2 aromatic rings. The van der Waals surface area contributed by atoms with Crippen LogP contribution in [0.1, 0.15) is 48.6 Å². The van der Waals surface area contributed by atoms with Gasteiger partial charge in [0, 0.05) is 12.5 Å². The topological polar surface area (TPSA) is 142 Å². The maximum Gasteiger partial charge on any atom is 0.258 e. The lowest BCUT2D eigenvalue weighted by Gasteiger charge is -2.31. The van der Waals surface area contributed by atoms with Crippen LogP contribution in [0.5, 0.6) is 5.75 Å². The SMILES string of the molecule is Cc1cc(O)cc(C)c1C[C@H](N)C(=O)N[C@@H](C)C(=O)N(C(=O)C(C)C)C(=O)C1Cc2ccccc2CN1. The van der Waals surface area contributed by atoms with Gasteiger partial charge in [0.2, 0.25) is 11.8 Å². The van der Waals surface area contributed by atoms with E-state index in [1.165, 1.54) is 6.92 Å². The van der Waals surface area contributed by atoms with Crippen LogP contribution in [0.25, 0.3) is 0 Å². The summed E-state index contributed by atoms with van der Waals surface area (Å²) in [5.41, 5.74) is 10.6. The zero-order valence-corrected chi connectivity index (χ0v) is 22.0. The van der Waals surface area contributed by atoms with Crippen molar-refractivity contribution in [3.05, 3.63) is 64.2 Å². The van der Waals surface area contributed by atoms with Crippen molar-refractivity contribution < 1.29 is 24.3 Å². The molecular weight excluding hydrogens is 472 g/mol. The molecule has 4 amide bonds. The molecule has 0 saturated carbocycles. The van der Waals surface area contributed by atoms with Crippen LogP contribution in [-0.4, -0.2) is 51.8 Å². The van der Waals surface area contributed by atoms with Gasteiger partial charge < -0.3 is 21.5 Å². The van der Waals surface area contributed by atoms with E-state index in [9.17, 15) is 24.3 Å². The van der Waals surface area contributed by atoms with Gasteiger partial charge in [0.1, 0.15) is 11.8 Å². The number of fused-ring (bicyclic) bond motifs is 1. The summed E-state index contributed by atoms with van der Waals surface area (Å²) in [7, 11) is 0. The van der Waals surface area contributed by atoms with Gasteiger partial charge in [0.15, 0.2) is 0 Å². The number of imide groups is 3. The molecule has 2 aromatic carbocycles. The van der Waals surface area contributed by atoms with Gasteiger partial charge in [-0.25, -0.2) is 4.90 Å². The van der Waals surface area contributed by atoms with E-state index in [2.05, 4.69) is 10.6 Å². The Labute approximate surface area is 217 Å². The highest BCUT2D eigenvalue weighted by molar-refractivity contribution is 6.14. The molecular formula is C28H36N4O5. The molecule has 1 heterocycles. The third kappa shape index (κ3) is 6.42. The Bertz CT molecular complexity index is 1190. The third-order valence-electron chi connectivity index (χ3n) is 6.71. The number of aryl methyl sites for hydroxylation is 2. The summed E-state index contributed by atoms with van der Waals surface area (Å²) < 4.78 is 0. The molecule has 0 aromatic heterocycles. The average Bonchev–Trinajstić information content (AvgIpc) is 2.85. The fraction of sp³-hybridized carbons (Fsp3) is 0.429. The second-order valence-electron chi connectivity index (χ2n) is 10.0.